The molecule has 0 radical (unpaired) electrons. The molecule has 0 unspecified atom stereocenters. The maximum atomic E-state index is 14.2. The van der Waals surface area contributed by atoms with Crippen molar-refractivity contribution in [2.45, 2.75) is 102 Å². The molecule has 2 aliphatic heterocycles. The van der Waals surface area contributed by atoms with E-state index in [1.807, 2.05) is 42.5 Å². The second-order valence-electron chi connectivity index (χ2n) is 14.5. The average molecular weight is 781 g/mol. The van der Waals surface area contributed by atoms with Gasteiger partial charge in [0.15, 0.2) is 0 Å². The van der Waals surface area contributed by atoms with Gasteiger partial charge in [0.2, 0.25) is 23.6 Å². The highest BCUT2D eigenvalue weighted by Gasteiger charge is 2.50. The number of para-hydroxylation sites is 1. The molecule has 5 rings (SSSR count). The molecule has 2 heterocycles. The largest absolute Gasteiger partial charge is 0.399 e. The van der Waals surface area contributed by atoms with Crippen molar-refractivity contribution < 1.29 is 47.0 Å². The fraction of sp³-hybridized carbons (Fsp3) is 0.400. The van der Waals surface area contributed by atoms with Crippen LogP contribution in [-0.2, 0) is 53.6 Å². The third kappa shape index (κ3) is 9.56. The van der Waals surface area contributed by atoms with Gasteiger partial charge in [-0.25, -0.2) is 0 Å². The lowest BCUT2D eigenvalue weighted by molar-refractivity contribution is -0.129. The van der Waals surface area contributed by atoms with E-state index < -0.39 is 66.7 Å². The maximum Gasteiger partial charge on any atom is 0.399 e. The molecule has 15 heteroatoms. The molecule has 0 bridgehead atoms. The molecule has 4 amide bonds. The molecule has 4 atom stereocenters. The summed E-state index contributed by atoms with van der Waals surface area (Å²) in [7, 11) is -5.75. The molecule has 0 fully saturated rings. The van der Waals surface area contributed by atoms with Crippen LogP contribution in [0.3, 0.4) is 0 Å². The van der Waals surface area contributed by atoms with Crippen molar-refractivity contribution in [3.05, 3.63) is 106 Å². The second-order valence-corrected chi connectivity index (χ2v) is 16.1. The van der Waals surface area contributed by atoms with E-state index in [0.29, 0.717) is 29.2 Å². The minimum Gasteiger partial charge on any atom is -0.372 e. The number of ether oxygens (including phenoxy) is 1. The summed E-state index contributed by atoms with van der Waals surface area (Å²) in [5, 5.41) is 5.77. The fourth-order valence-corrected chi connectivity index (χ4v) is 7.40. The number of nitrogens with zero attached hydrogens (tertiary/aromatic N) is 1. The topological polar surface area (TPSA) is 188 Å². The molecule has 0 spiro atoms. The molecule has 0 aromatic heterocycles. The highest BCUT2D eigenvalue weighted by Crippen LogP contribution is 2.59. The van der Waals surface area contributed by atoms with Crippen molar-refractivity contribution in [1.29, 1.82) is 0 Å². The van der Waals surface area contributed by atoms with Gasteiger partial charge in [0.05, 0.1) is 24.4 Å². The van der Waals surface area contributed by atoms with Crippen molar-refractivity contribution >= 4 is 42.5 Å². The average Bonchev–Trinajstić information content (AvgIpc) is 3.47. The van der Waals surface area contributed by atoms with E-state index in [9.17, 15) is 32.5 Å². The third-order valence-corrected chi connectivity index (χ3v) is 11.2. The van der Waals surface area contributed by atoms with E-state index in [-0.39, 0.29) is 32.3 Å². The number of hydrogen-bond acceptors (Lipinski definition) is 6. The number of nitrogens with one attached hydrogen (secondary N) is 2. The van der Waals surface area contributed by atoms with E-state index in [0.717, 1.165) is 28.8 Å². The summed E-state index contributed by atoms with van der Waals surface area (Å²) in [4.78, 5) is 72.9. The highest BCUT2D eigenvalue weighted by molar-refractivity contribution is 7.52. The number of nitrogens with two attached hydrogens (primary N) is 1. The summed E-state index contributed by atoms with van der Waals surface area (Å²) in [5.41, 5.74) is 5.35. The Hall–Kier alpha value is -4.75. The maximum absolute atomic E-state index is 14.2. The lowest BCUT2D eigenvalue weighted by atomic mass is 10.0. The van der Waals surface area contributed by atoms with Crippen molar-refractivity contribution in [3.63, 3.8) is 0 Å². The van der Waals surface area contributed by atoms with Crippen LogP contribution in [-0.4, -0.2) is 57.6 Å². The first-order valence-electron chi connectivity index (χ1n) is 18.1. The zero-order valence-corrected chi connectivity index (χ0v) is 32.0. The number of allylic oxidation sites excluding steroid dienone is 1. The summed E-state index contributed by atoms with van der Waals surface area (Å²) < 4.78 is 45.7. The zero-order valence-electron chi connectivity index (χ0n) is 31.1. The first-order valence-corrected chi connectivity index (χ1v) is 19.7. The van der Waals surface area contributed by atoms with Crippen LogP contribution in [0.2, 0.25) is 0 Å². The smallest absolute Gasteiger partial charge is 0.372 e. The Morgan fingerprint density at radius 3 is 2.31 bits per heavy atom. The Labute approximate surface area is 318 Å². The number of anilines is 1. The Morgan fingerprint density at radius 1 is 1.04 bits per heavy atom. The number of rotatable bonds is 15. The minimum absolute atomic E-state index is 0.00444. The summed E-state index contributed by atoms with van der Waals surface area (Å²) in [6.07, 6.45) is 1.81. The van der Waals surface area contributed by atoms with Crippen LogP contribution in [0.15, 0.2) is 72.8 Å². The quantitative estimate of drug-likeness (QED) is 0.103. The lowest BCUT2D eigenvalue weighted by Gasteiger charge is -2.31. The summed E-state index contributed by atoms with van der Waals surface area (Å²) >= 11 is 0. The SMILES string of the molecule is C/C(=C\C(=O)N[C@H]1CCc2cccc3c2N(C1=O)[C@H](C(=O)N[C@@H](CCC(N)=O)[C@@H](C)OCc1ccc(C(C)C)cc1)C3)c1ccc(C(F)(F)P(=O)(O)O)cc1. The van der Waals surface area contributed by atoms with Gasteiger partial charge in [0, 0.05) is 24.5 Å². The summed E-state index contributed by atoms with van der Waals surface area (Å²) in [6.45, 7) is 7.85. The molecule has 0 saturated carbocycles. The van der Waals surface area contributed by atoms with Gasteiger partial charge in [-0.2, -0.15) is 8.78 Å². The first kappa shape index (κ1) is 41.4. The number of carbonyl (C=O) groups is 4. The number of amides is 4. The van der Waals surface area contributed by atoms with Crippen LogP contribution in [0.25, 0.3) is 5.57 Å². The predicted octanol–water partition coefficient (Wildman–Crippen LogP) is 5.18. The van der Waals surface area contributed by atoms with E-state index >= 15 is 0 Å². The standard InChI is InChI=1S/C40H47F2N4O8P/c1-23(2)27-10-8-26(9-11-27)22-54-25(4)32(18-19-35(43)47)45-38(49)34-21-30-7-5-6-29-14-17-33(39(50)46(34)37(29)30)44-36(48)20-24(3)28-12-15-31(16-13-28)40(41,42)55(51,52)53/h5-13,15-16,20,23,25,32-34H,14,17-19,21-22H2,1-4H3,(H2,43,47)(H,44,48)(H,45,49)(H2,51,52,53)/b24-20+/t25-,32+,33+,34+/m1/s1. The van der Waals surface area contributed by atoms with Gasteiger partial charge in [-0.1, -0.05) is 80.6 Å². The Balaban J connectivity index is 1.31. The van der Waals surface area contributed by atoms with Crippen LogP contribution in [0.4, 0.5) is 14.5 Å². The molecule has 294 valence electrons. The predicted molar refractivity (Wildman–Crippen MR) is 203 cm³/mol. The molecule has 6 N–H and O–H groups in total. The summed E-state index contributed by atoms with van der Waals surface area (Å²) in [5.74, 6) is -1.71. The normalized spacial score (nSPS) is 18.4. The van der Waals surface area contributed by atoms with Crippen LogP contribution < -0.4 is 21.3 Å². The van der Waals surface area contributed by atoms with Gasteiger partial charge < -0.3 is 30.9 Å². The molecule has 2 aliphatic rings. The zero-order chi connectivity index (χ0) is 40.2. The molecule has 12 nitrogen and oxygen atoms in total. The van der Waals surface area contributed by atoms with Crippen molar-refractivity contribution in [2.75, 3.05) is 4.90 Å². The Morgan fingerprint density at radius 2 is 1.69 bits per heavy atom. The summed E-state index contributed by atoms with van der Waals surface area (Å²) in [6, 6.07) is 15.3. The molecule has 3 aromatic carbocycles. The highest BCUT2D eigenvalue weighted by atomic mass is 31.2. The van der Waals surface area contributed by atoms with Gasteiger partial charge in [-0.15, -0.1) is 0 Å². The van der Waals surface area contributed by atoms with Crippen molar-refractivity contribution in [1.82, 2.24) is 10.6 Å². The molecule has 0 saturated heterocycles. The molecule has 55 heavy (non-hydrogen) atoms. The number of primary amides is 1. The lowest BCUT2D eigenvalue weighted by Crippen LogP contribution is -2.56. The molecule has 3 aromatic rings. The van der Waals surface area contributed by atoms with Crippen LogP contribution in [0, 0.1) is 0 Å². The number of carbonyl (C=O) groups excluding carboxylic acids is 4. The van der Waals surface area contributed by atoms with Gasteiger partial charge in [-0.05, 0) is 72.4 Å². The van der Waals surface area contributed by atoms with E-state index in [1.54, 1.807) is 13.8 Å². The number of hydrogen-bond donors (Lipinski definition) is 5. The number of halogens is 2. The van der Waals surface area contributed by atoms with Gasteiger partial charge in [0.25, 0.3) is 0 Å². The Kier molecular flexibility index (Phi) is 12.8. The van der Waals surface area contributed by atoms with Gasteiger partial charge in [-0.3, -0.25) is 28.6 Å². The second kappa shape index (κ2) is 16.9. The van der Waals surface area contributed by atoms with E-state index in [2.05, 4.69) is 24.5 Å². The minimum atomic E-state index is -5.75. The Bertz CT molecular complexity index is 2000. The third-order valence-electron chi connectivity index (χ3n) is 10.2. The first-order chi connectivity index (χ1) is 25.9. The van der Waals surface area contributed by atoms with Gasteiger partial charge >= 0.3 is 13.3 Å². The fourth-order valence-electron chi connectivity index (χ4n) is 6.91. The van der Waals surface area contributed by atoms with E-state index in [1.165, 1.54) is 28.7 Å². The van der Waals surface area contributed by atoms with Crippen LogP contribution in [0.5, 0.6) is 0 Å². The number of alkyl halides is 2. The van der Waals surface area contributed by atoms with Crippen molar-refractivity contribution in [3.8, 4) is 0 Å². The monoisotopic (exact) mass is 780 g/mol. The number of aryl methyl sites for hydroxylation is 1. The van der Waals surface area contributed by atoms with Gasteiger partial charge in [0.1, 0.15) is 12.1 Å². The van der Waals surface area contributed by atoms with E-state index in [4.69, 9.17) is 20.3 Å². The molecular formula is C40H47F2N4O8P. The molecular weight excluding hydrogens is 733 g/mol. The molecule has 0 aliphatic carbocycles. The van der Waals surface area contributed by atoms with Crippen molar-refractivity contribution in [2.24, 2.45) is 5.73 Å². The van der Waals surface area contributed by atoms with Crippen LogP contribution in [0.1, 0.15) is 86.3 Å². The number of benzene rings is 3. The van der Waals surface area contributed by atoms with Crippen LogP contribution >= 0.6 is 7.60 Å².